The van der Waals surface area contributed by atoms with Crippen molar-refractivity contribution in [3.05, 3.63) is 64.1 Å². The van der Waals surface area contributed by atoms with Crippen LogP contribution in [-0.4, -0.2) is 5.91 Å². The molecule has 2 rings (SSSR count). The van der Waals surface area contributed by atoms with E-state index in [1.54, 1.807) is 0 Å². The molecule has 0 unspecified atom stereocenters. The molecule has 1 amide bonds. The predicted octanol–water partition coefficient (Wildman–Crippen LogP) is 4.19. The Hall–Kier alpha value is -1.61. The fourth-order valence-corrected chi connectivity index (χ4v) is 2.22. The van der Waals surface area contributed by atoms with E-state index in [9.17, 15) is 4.79 Å². The van der Waals surface area contributed by atoms with Gasteiger partial charge in [-0.3, -0.25) is 4.79 Å². The summed E-state index contributed by atoms with van der Waals surface area (Å²) in [7, 11) is 0. The second-order valence-corrected chi connectivity index (χ2v) is 5.23. The monoisotopic (exact) mass is 317 g/mol. The Kier molecular flexibility index (Phi) is 4.74. The molecule has 0 heterocycles. The molecule has 0 bridgehead atoms. The topological polar surface area (TPSA) is 29.1 Å². The number of rotatable bonds is 4. The Labute approximate surface area is 122 Å². The molecule has 2 aromatic rings. The smallest absolute Gasteiger partial charge is 0.228 e. The van der Waals surface area contributed by atoms with Gasteiger partial charge in [0.15, 0.2) is 0 Å². The maximum absolute atomic E-state index is 12.0. The summed E-state index contributed by atoms with van der Waals surface area (Å²) in [4.78, 5) is 12.0. The van der Waals surface area contributed by atoms with Crippen LogP contribution in [0.4, 0.5) is 5.69 Å². The van der Waals surface area contributed by atoms with Crippen LogP contribution in [0.2, 0.25) is 0 Å². The van der Waals surface area contributed by atoms with Crippen LogP contribution < -0.4 is 5.32 Å². The van der Waals surface area contributed by atoms with Crippen LogP contribution in [0.25, 0.3) is 0 Å². The third-order valence-corrected chi connectivity index (χ3v) is 3.64. The molecule has 0 aromatic heterocycles. The van der Waals surface area contributed by atoms with Gasteiger partial charge in [-0.15, -0.1) is 0 Å². The summed E-state index contributed by atoms with van der Waals surface area (Å²) in [5.41, 5.74) is 3.12. The molecule has 0 aliphatic carbocycles. The second-order valence-electron chi connectivity index (χ2n) is 4.37. The molecular weight excluding hydrogens is 302 g/mol. The molecule has 0 fully saturated rings. The van der Waals surface area contributed by atoms with Crippen molar-refractivity contribution in [2.75, 3.05) is 5.32 Å². The number of aryl methyl sites for hydroxylation is 1. The van der Waals surface area contributed by atoms with E-state index >= 15 is 0 Å². The molecule has 98 valence electrons. The second kappa shape index (κ2) is 6.53. The maximum Gasteiger partial charge on any atom is 0.228 e. The lowest BCUT2D eigenvalue weighted by molar-refractivity contribution is -0.115. The van der Waals surface area contributed by atoms with E-state index in [0.717, 1.165) is 22.1 Å². The van der Waals surface area contributed by atoms with Gasteiger partial charge in [0.1, 0.15) is 0 Å². The van der Waals surface area contributed by atoms with Gasteiger partial charge in [-0.2, -0.15) is 0 Å². The minimum absolute atomic E-state index is 0.00357. The average Bonchev–Trinajstić information content (AvgIpc) is 2.42. The van der Waals surface area contributed by atoms with E-state index in [1.807, 2.05) is 36.4 Å². The van der Waals surface area contributed by atoms with Gasteiger partial charge >= 0.3 is 0 Å². The number of halogens is 1. The van der Waals surface area contributed by atoms with Gasteiger partial charge in [0, 0.05) is 4.47 Å². The van der Waals surface area contributed by atoms with Gasteiger partial charge in [-0.1, -0.05) is 43.3 Å². The number of benzene rings is 2. The van der Waals surface area contributed by atoms with Crippen molar-refractivity contribution < 1.29 is 4.79 Å². The highest BCUT2D eigenvalue weighted by atomic mass is 79.9. The SMILES string of the molecule is CCc1ccc(CC(=O)Nc2ccccc2Br)cc1. The lowest BCUT2D eigenvalue weighted by Crippen LogP contribution is -2.14. The van der Waals surface area contributed by atoms with E-state index in [4.69, 9.17) is 0 Å². The van der Waals surface area contributed by atoms with E-state index in [0.29, 0.717) is 6.42 Å². The Bertz CT molecular complexity index is 563. The molecule has 2 nitrogen and oxygen atoms in total. The number of hydrogen-bond donors (Lipinski definition) is 1. The Morgan fingerprint density at radius 2 is 1.68 bits per heavy atom. The summed E-state index contributed by atoms with van der Waals surface area (Å²) in [5, 5.41) is 2.90. The van der Waals surface area contributed by atoms with Crippen molar-refractivity contribution in [1.82, 2.24) is 0 Å². The van der Waals surface area contributed by atoms with Gasteiger partial charge in [0.05, 0.1) is 12.1 Å². The molecule has 0 saturated heterocycles. The van der Waals surface area contributed by atoms with Gasteiger partial charge < -0.3 is 5.32 Å². The minimum atomic E-state index is -0.00357. The molecular formula is C16H16BrNO. The van der Waals surface area contributed by atoms with Crippen LogP contribution in [0, 0.1) is 0 Å². The molecule has 0 radical (unpaired) electrons. The number of para-hydroxylation sites is 1. The summed E-state index contributed by atoms with van der Waals surface area (Å²) in [6.07, 6.45) is 1.41. The highest BCUT2D eigenvalue weighted by molar-refractivity contribution is 9.10. The van der Waals surface area contributed by atoms with Gasteiger partial charge in [-0.25, -0.2) is 0 Å². The first-order chi connectivity index (χ1) is 9.19. The van der Waals surface area contributed by atoms with Crippen LogP contribution in [0.5, 0.6) is 0 Å². The van der Waals surface area contributed by atoms with E-state index < -0.39 is 0 Å². The van der Waals surface area contributed by atoms with Gasteiger partial charge in [0.2, 0.25) is 5.91 Å². The Morgan fingerprint density at radius 1 is 1.05 bits per heavy atom. The summed E-state index contributed by atoms with van der Waals surface area (Å²) in [5.74, 6) is -0.00357. The zero-order chi connectivity index (χ0) is 13.7. The fraction of sp³-hybridized carbons (Fsp3) is 0.188. The number of hydrogen-bond acceptors (Lipinski definition) is 1. The lowest BCUT2D eigenvalue weighted by Gasteiger charge is -2.07. The van der Waals surface area contributed by atoms with Crippen molar-refractivity contribution in [3.8, 4) is 0 Å². The number of nitrogens with one attached hydrogen (secondary N) is 1. The third kappa shape index (κ3) is 3.93. The van der Waals surface area contributed by atoms with Crippen LogP contribution in [0.1, 0.15) is 18.1 Å². The average molecular weight is 318 g/mol. The van der Waals surface area contributed by atoms with Crippen molar-refractivity contribution in [2.24, 2.45) is 0 Å². The maximum atomic E-state index is 12.0. The molecule has 2 aromatic carbocycles. The number of carbonyl (C=O) groups excluding carboxylic acids is 1. The summed E-state index contributed by atoms with van der Waals surface area (Å²) in [6, 6.07) is 15.8. The van der Waals surface area contributed by atoms with Crippen LogP contribution in [0.15, 0.2) is 53.0 Å². The van der Waals surface area contributed by atoms with Gasteiger partial charge in [-0.05, 0) is 45.6 Å². The van der Waals surface area contributed by atoms with Crippen molar-refractivity contribution in [1.29, 1.82) is 0 Å². The first kappa shape index (κ1) is 13.8. The van der Waals surface area contributed by atoms with Gasteiger partial charge in [0.25, 0.3) is 0 Å². The molecule has 0 aliphatic rings. The van der Waals surface area contributed by atoms with Crippen molar-refractivity contribution in [3.63, 3.8) is 0 Å². The normalized spacial score (nSPS) is 10.2. The summed E-state index contributed by atoms with van der Waals surface area (Å²) < 4.78 is 0.893. The molecule has 0 atom stereocenters. The summed E-state index contributed by atoms with van der Waals surface area (Å²) >= 11 is 3.41. The van der Waals surface area contributed by atoms with Crippen LogP contribution >= 0.6 is 15.9 Å². The molecule has 3 heteroatoms. The lowest BCUT2D eigenvalue weighted by atomic mass is 10.1. The molecule has 0 saturated carbocycles. The van der Waals surface area contributed by atoms with Crippen molar-refractivity contribution in [2.45, 2.75) is 19.8 Å². The zero-order valence-electron chi connectivity index (χ0n) is 10.8. The minimum Gasteiger partial charge on any atom is -0.325 e. The Balaban J connectivity index is 1.99. The predicted molar refractivity (Wildman–Crippen MR) is 82.3 cm³/mol. The quantitative estimate of drug-likeness (QED) is 0.900. The van der Waals surface area contributed by atoms with E-state index in [1.165, 1.54) is 5.56 Å². The fourth-order valence-electron chi connectivity index (χ4n) is 1.84. The number of amides is 1. The Morgan fingerprint density at radius 3 is 2.32 bits per heavy atom. The number of carbonyl (C=O) groups is 1. The standard InChI is InChI=1S/C16H16BrNO/c1-2-12-7-9-13(10-8-12)11-16(19)18-15-6-4-3-5-14(15)17/h3-10H,2,11H2,1H3,(H,18,19). The van der Waals surface area contributed by atoms with Crippen LogP contribution in [0.3, 0.4) is 0 Å². The third-order valence-electron chi connectivity index (χ3n) is 2.94. The molecule has 0 aliphatic heterocycles. The molecule has 1 N–H and O–H groups in total. The van der Waals surface area contributed by atoms with E-state index in [2.05, 4.69) is 40.3 Å². The molecule has 0 spiro atoms. The number of anilines is 1. The largest absolute Gasteiger partial charge is 0.325 e. The first-order valence-corrected chi connectivity index (χ1v) is 7.10. The van der Waals surface area contributed by atoms with Crippen LogP contribution in [-0.2, 0) is 17.6 Å². The van der Waals surface area contributed by atoms with E-state index in [-0.39, 0.29) is 5.91 Å². The van der Waals surface area contributed by atoms with Crippen molar-refractivity contribution >= 4 is 27.5 Å². The highest BCUT2D eigenvalue weighted by Crippen LogP contribution is 2.21. The highest BCUT2D eigenvalue weighted by Gasteiger charge is 2.06. The summed E-state index contributed by atoms with van der Waals surface area (Å²) in [6.45, 7) is 2.12. The first-order valence-electron chi connectivity index (χ1n) is 6.31. The zero-order valence-corrected chi connectivity index (χ0v) is 12.4. The molecule has 19 heavy (non-hydrogen) atoms.